The fourth-order valence-corrected chi connectivity index (χ4v) is 3.78. The van der Waals surface area contributed by atoms with Crippen LogP contribution in [0.4, 0.5) is 8.78 Å². The highest BCUT2D eigenvalue weighted by atomic mass is 19.3. The lowest BCUT2D eigenvalue weighted by molar-refractivity contribution is 0.0564. The van der Waals surface area contributed by atoms with E-state index in [1.165, 1.54) is 0 Å². The van der Waals surface area contributed by atoms with Crippen LogP contribution in [0.15, 0.2) is 48.8 Å². The molecule has 0 N–H and O–H groups in total. The van der Waals surface area contributed by atoms with E-state index in [0.717, 1.165) is 23.4 Å². The molecule has 9 nitrogen and oxygen atoms in total. The Hall–Kier alpha value is -4.02. The van der Waals surface area contributed by atoms with Crippen LogP contribution in [0.3, 0.4) is 0 Å². The highest BCUT2D eigenvalue weighted by Crippen LogP contribution is 2.47. The van der Waals surface area contributed by atoms with Gasteiger partial charge in [0.15, 0.2) is 5.82 Å². The molecule has 2 atom stereocenters. The first-order valence-electron chi connectivity index (χ1n) is 10.7. The molecule has 1 aliphatic rings. The summed E-state index contributed by atoms with van der Waals surface area (Å²) in [6, 6.07) is 10.8. The molecule has 34 heavy (non-hydrogen) atoms. The third-order valence-electron chi connectivity index (χ3n) is 5.74. The number of alkyl halides is 2. The molecule has 1 saturated carbocycles. The predicted octanol–water partition coefficient (Wildman–Crippen LogP) is 4.09. The SMILES string of the molecule is COc1ccc(C2CC2COc2nc(C)ncc2-c2ccc(-c3nnnn3C(F)F)cc2)nc1. The number of halogens is 2. The van der Waals surface area contributed by atoms with Gasteiger partial charge in [0.05, 0.1) is 25.5 Å². The molecule has 4 aromatic rings. The molecule has 1 fully saturated rings. The van der Waals surface area contributed by atoms with Gasteiger partial charge in [-0.3, -0.25) is 4.98 Å². The van der Waals surface area contributed by atoms with Crippen LogP contribution in [-0.4, -0.2) is 48.9 Å². The van der Waals surface area contributed by atoms with Gasteiger partial charge in [0, 0.05) is 29.3 Å². The van der Waals surface area contributed by atoms with Crippen molar-refractivity contribution in [2.75, 3.05) is 13.7 Å². The molecular weight excluding hydrogens is 444 g/mol. The highest BCUT2D eigenvalue weighted by Gasteiger charge is 2.40. The summed E-state index contributed by atoms with van der Waals surface area (Å²) >= 11 is 0. The Bertz CT molecular complexity index is 1280. The molecule has 3 aromatic heterocycles. The molecule has 0 bridgehead atoms. The van der Waals surface area contributed by atoms with Crippen LogP contribution >= 0.6 is 0 Å². The summed E-state index contributed by atoms with van der Waals surface area (Å²) in [6.07, 6.45) is 4.42. The monoisotopic (exact) mass is 465 g/mol. The van der Waals surface area contributed by atoms with E-state index in [9.17, 15) is 8.78 Å². The van der Waals surface area contributed by atoms with Crippen LogP contribution in [0.5, 0.6) is 11.6 Å². The average molecular weight is 465 g/mol. The molecule has 174 valence electrons. The Balaban J connectivity index is 1.31. The lowest BCUT2D eigenvalue weighted by Gasteiger charge is -2.11. The number of tetrazole rings is 1. The second-order valence-electron chi connectivity index (χ2n) is 7.97. The molecule has 0 spiro atoms. The zero-order valence-corrected chi connectivity index (χ0v) is 18.5. The fourth-order valence-electron chi connectivity index (χ4n) is 3.78. The Kier molecular flexibility index (Phi) is 5.83. The fraction of sp³-hybridized carbons (Fsp3) is 0.304. The van der Waals surface area contributed by atoms with Crippen molar-refractivity contribution in [3.05, 3.63) is 60.3 Å². The maximum Gasteiger partial charge on any atom is 0.336 e. The van der Waals surface area contributed by atoms with Crippen molar-refractivity contribution < 1.29 is 18.3 Å². The largest absolute Gasteiger partial charge is 0.495 e. The van der Waals surface area contributed by atoms with Crippen molar-refractivity contribution in [2.45, 2.75) is 25.8 Å². The summed E-state index contributed by atoms with van der Waals surface area (Å²) in [6.45, 7) is -0.525. The van der Waals surface area contributed by atoms with Crippen molar-refractivity contribution in [3.63, 3.8) is 0 Å². The van der Waals surface area contributed by atoms with E-state index in [0.29, 0.717) is 46.0 Å². The van der Waals surface area contributed by atoms with E-state index in [-0.39, 0.29) is 5.82 Å². The van der Waals surface area contributed by atoms with Crippen molar-refractivity contribution in [2.24, 2.45) is 5.92 Å². The Morgan fingerprint density at radius 2 is 1.85 bits per heavy atom. The minimum atomic E-state index is -2.82. The number of aryl methyl sites for hydroxylation is 1. The highest BCUT2D eigenvalue weighted by molar-refractivity contribution is 5.70. The Labute approximate surface area is 193 Å². The van der Waals surface area contributed by atoms with E-state index in [1.807, 2.05) is 12.1 Å². The Morgan fingerprint density at radius 3 is 2.56 bits per heavy atom. The third kappa shape index (κ3) is 4.41. The van der Waals surface area contributed by atoms with Gasteiger partial charge in [-0.05, 0) is 41.5 Å². The summed E-state index contributed by atoms with van der Waals surface area (Å²) in [7, 11) is 1.62. The number of ether oxygens (including phenoxy) is 2. The van der Waals surface area contributed by atoms with Crippen LogP contribution in [0.25, 0.3) is 22.5 Å². The van der Waals surface area contributed by atoms with Crippen LogP contribution in [0, 0.1) is 12.8 Å². The van der Waals surface area contributed by atoms with E-state index < -0.39 is 6.55 Å². The third-order valence-corrected chi connectivity index (χ3v) is 5.74. The number of hydrogen-bond acceptors (Lipinski definition) is 8. The molecule has 0 radical (unpaired) electrons. The van der Waals surface area contributed by atoms with Gasteiger partial charge in [-0.25, -0.2) is 4.98 Å². The molecule has 1 aromatic carbocycles. The molecule has 2 unspecified atom stereocenters. The molecule has 0 saturated heterocycles. The summed E-state index contributed by atoms with van der Waals surface area (Å²) in [5.74, 6) is 2.48. The van der Waals surface area contributed by atoms with Gasteiger partial charge >= 0.3 is 6.55 Å². The molecule has 11 heteroatoms. The zero-order valence-electron chi connectivity index (χ0n) is 18.5. The van der Waals surface area contributed by atoms with Gasteiger partial charge in [-0.15, -0.1) is 5.10 Å². The van der Waals surface area contributed by atoms with Crippen LogP contribution in [-0.2, 0) is 0 Å². The number of aromatic nitrogens is 7. The molecule has 0 aliphatic heterocycles. The lowest BCUT2D eigenvalue weighted by atomic mass is 10.1. The standard InChI is InChI=1S/C23H21F2N7O2/c1-13-26-11-19(14-3-5-15(6-4-14)21-29-30-31-32(21)23(24)25)22(28-13)34-12-16-9-18(16)20-8-7-17(33-2)10-27-20/h3-8,10-11,16,18,23H,9,12H2,1-2H3. The number of nitrogens with zero attached hydrogens (tertiary/aromatic N) is 7. The van der Waals surface area contributed by atoms with Crippen molar-refractivity contribution >= 4 is 0 Å². The second kappa shape index (κ2) is 9.08. The molecule has 5 rings (SSSR count). The first kappa shape index (κ1) is 21.8. The van der Waals surface area contributed by atoms with Crippen molar-refractivity contribution in [1.82, 2.24) is 35.2 Å². The maximum atomic E-state index is 13.1. The summed E-state index contributed by atoms with van der Waals surface area (Å²) in [5.41, 5.74) is 3.00. The van der Waals surface area contributed by atoms with Gasteiger partial charge in [0.2, 0.25) is 5.88 Å². The van der Waals surface area contributed by atoms with Crippen LogP contribution in [0.1, 0.15) is 30.4 Å². The maximum absolute atomic E-state index is 13.1. The topological polar surface area (TPSA) is 101 Å². The van der Waals surface area contributed by atoms with Gasteiger partial charge in [0.1, 0.15) is 11.6 Å². The predicted molar refractivity (Wildman–Crippen MR) is 117 cm³/mol. The van der Waals surface area contributed by atoms with Gasteiger partial charge < -0.3 is 9.47 Å². The number of hydrogen-bond donors (Lipinski definition) is 0. The number of methoxy groups -OCH3 is 1. The quantitative estimate of drug-likeness (QED) is 0.384. The van der Waals surface area contributed by atoms with Crippen LogP contribution in [0.2, 0.25) is 0 Å². The van der Waals surface area contributed by atoms with Crippen molar-refractivity contribution in [1.29, 1.82) is 0 Å². The number of benzene rings is 1. The molecular formula is C23H21F2N7O2. The smallest absolute Gasteiger partial charge is 0.336 e. The molecule has 1 aliphatic carbocycles. The zero-order chi connectivity index (χ0) is 23.7. The van der Waals surface area contributed by atoms with Gasteiger partial charge in [-0.2, -0.15) is 18.4 Å². The van der Waals surface area contributed by atoms with E-state index in [2.05, 4.69) is 30.5 Å². The minimum absolute atomic E-state index is 0.00917. The normalized spacial score (nSPS) is 17.1. The molecule has 0 amide bonds. The van der Waals surface area contributed by atoms with Crippen molar-refractivity contribution in [3.8, 4) is 34.1 Å². The molecule has 3 heterocycles. The van der Waals surface area contributed by atoms with E-state index in [4.69, 9.17) is 9.47 Å². The summed E-state index contributed by atoms with van der Waals surface area (Å²) in [4.78, 5) is 13.3. The first-order valence-corrected chi connectivity index (χ1v) is 10.7. The summed E-state index contributed by atoms with van der Waals surface area (Å²) in [5, 5.41) is 10.4. The lowest BCUT2D eigenvalue weighted by Crippen LogP contribution is -2.06. The summed E-state index contributed by atoms with van der Waals surface area (Å²) < 4.78 is 37.9. The number of pyridine rings is 1. The first-order chi connectivity index (χ1) is 16.5. The minimum Gasteiger partial charge on any atom is -0.495 e. The average Bonchev–Trinajstić information content (AvgIpc) is 3.46. The Morgan fingerprint density at radius 1 is 1.06 bits per heavy atom. The van der Waals surface area contributed by atoms with Gasteiger partial charge in [-0.1, -0.05) is 24.3 Å². The second-order valence-corrected chi connectivity index (χ2v) is 7.97. The number of rotatable bonds is 8. The van der Waals surface area contributed by atoms with E-state index >= 15 is 0 Å². The van der Waals surface area contributed by atoms with Gasteiger partial charge in [0.25, 0.3) is 0 Å². The van der Waals surface area contributed by atoms with E-state index in [1.54, 1.807) is 50.7 Å². The van der Waals surface area contributed by atoms with Crippen LogP contribution < -0.4 is 9.47 Å².